The number of benzene rings is 13. The normalized spacial score (nSPS) is 15.6. The first-order chi connectivity index (χ1) is 52.9. The summed E-state index contributed by atoms with van der Waals surface area (Å²) in [4.78, 5) is 2.50. The van der Waals surface area contributed by atoms with Crippen molar-refractivity contribution in [2.75, 3.05) is 4.90 Å². The number of nitrogens with zero attached hydrogens (tertiary/aromatic N) is 1. The van der Waals surface area contributed by atoms with Crippen molar-refractivity contribution in [2.45, 2.75) is 180 Å². The summed E-state index contributed by atoms with van der Waals surface area (Å²) in [5.41, 5.74) is 41.8. The molecule has 0 bridgehead atoms. The van der Waals surface area contributed by atoms with Gasteiger partial charge in [0.15, 0.2) is 0 Å². The molecule has 0 fully saturated rings. The summed E-state index contributed by atoms with van der Waals surface area (Å²) in [6.07, 6.45) is 15.5. The third kappa shape index (κ3) is 9.92. The van der Waals surface area contributed by atoms with E-state index in [9.17, 15) is 0 Å². The summed E-state index contributed by atoms with van der Waals surface area (Å²) in [7, 11) is 0. The molecule has 0 atom stereocenters. The van der Waals surface area contributed by atoms with Gasteiger partial charge in [-0.15, -0.1) is 0 Å². The molecule has 0 N–H and O–H groups in total. The lowest BCUT2D eigenvalue weighted by Crippen LogP contribution is -2.25. The summed E-state index contributed by atoms with van der Waals surface area (Å²) >= 11 is 0. The lowest BCUT2D eigenvalue weighted by atomic mass is 9.70. The molecule has 5 aliphatic rings. The smallest absolute Gasteiger partial charge is 0.144 e. The van der Waals surface area contributed by atoms with Crippen LogP contribution in [0.4, 0.5) is 17.1 Å². The first-order valence-corrected chi connectivity index (χ1v) is 40.8. The Balaban J connectivity index is 0.635. The Labute approximate surface area is 643 Å². The van der Waals surface area contributed by atoms with E-state index in [2.05, 4.69) is 324 Å². The Hall–Kier alpha value is -10.7. The highest BCUT2D eigenvalue weighted by Crippen LogP contribution is 2.65. The summed E-state index contributed by atoms with van der Waals surface area (Å²) in [6, 6.07) is 93.4. The highest BCUT2D eigenvalue weighted by atomic mass is 16.3. The van der Waals surface area contributed by atoms with Gasteiger partial charge >= 0.3 is 0 Å². The van der Waals surface area contributed by atoms with Crippen LogP contribution in [-0.2, 0) is 27.1 Å². The molecular formula is C106H97NO2. The minimum Gasteiger partial charge on any atom is -0.455 e. The average Bonchev–Trinajstić information content (AvgIpc) is 1.51. The monoisotopic (exact) mass is 1420 g/mol. The van der Waals surface area contributed by atoms with E-state index in [0.717, 1.165) is 55.9 Å². The van der Waals surface area contributed by atoms with Crippen LogP contribution in [0.2, 0.25) is 0 Å². The Kier molecular flexibility index (Phi) is 15.4. The molecule has 0 aliphatic heterocycles. The maximum atomic E-state index is 7.14. The number of hydrogen-bond donors (Lipinski definition) is 0. The van der Waals surface area contributed by atoms with E-state index >= 15 is 0 Å². The quantitative estimate of drug-likeness (QED) is 0.0802. The number of anilines is 3. The Morgan fingerprint density at radius 3 is 1.34 bits per heavy atom. The lowest BCUT2D eigenvalue weighted by molar-refractivity contribution is 0.399. The maximum absolute atomic E-state index is 7.14. The van der Waals surface area contributed by atoms with Gasteiger partial charge in [0.2, 0.25) is 0 Å². The number of unbranched alkanes of at least 4 members (excludes halogenated alkanes) is 8. The lowest BCUT2D eigenvalue weighted by Gasteiger charge is -2.33. The number of furan rings is 2. The van der Waals surface area contributed by atoms with Crippen LogP contribution in [0.1, 0.15) is 207 Å². The van der Waals surface area contributed by atoms with Gasteiger partial charge in [-0.1, -0.05) is 303 Å². The van der Waals surface area contributed by atoms with Crippen molar-refractivity contribution in [3.8, 4) is 89.0 Å². The standard InChI is InChI=1S/C106H97NO2/c1-12-14-16-18-28-55-106(56-29-19-17-15-13-2)84-38-25-20-33-73(84)76-52-47-69(60-89(76)106)68-46-51-75-74-50-45-67(58-85(74)102(4,5)86(75)59-68)65-41-43-66(44-42-65)82-63-90-93(95-80-35-22-26-39-91(80)108-100(82)95)78-53-48-71(61-87(78)103(90,6)7)107(70-32-30-31-64(3)57-70)72-49-54-79-88(62-72)105(10,11)99-97(79)101-96(81-36-23-27-40-92(81)109-101)94-77-34-21-24-37-83(77)104(8,9)98(94)99/h20-27,30-54,57-63H,12-19,28-29,55-56H2,1-11H3. The van der Waals surface area contributed by atoms with E-state index in [4.69, 9.17) is 8.83 Å². The molecule has 15 aromatic rings. The first-order valence-electron chi connectivity index (χ1n) is 40.8. The van der Waals surface area contributed by atoms with Gasteiger partial charge in [-0.2, -0.15) is 0 Å². The van der Waals surface area contributed by atoms with Gasteiger partial charge in [0.1, 0.15) is 22.3 Å². The van der Waals surface area contributed by atoms with Gasteiger partial charge in [-0.05, 0) is 232 Å². The van der Waals surface area contributed by atoms with Gasteiger partial charge < -0.3 is 13.7 Å². The molecule has 3 nitrogen and oxygen atoms in total. The zero-order valence-electron chi connectivity index (χ0n) is 65.3. The molecule has 0 saturated carbocycles. The zero-order chi connectivity index (χ0) is 74.2. The number of rotatable bonds is 18. The number of aryl methyl sites for hydroxylation is 1. The molecule has 0 radical (unpaired) electrons. The fourth-order valence-electron chi connectivity index (χ4n) is 21.6. The first kappa shape index (κ1) is 67.6. The average molecular weight is 1420 g/mol. The summed E-state index contributed by atoms with van der Waals surface area (Å²) in [5, 5.41) is 4.72. The topological polar surface area (TPSA) is 29.5 Å². The van der Waals surface area contributed by atoms with Crippen LogP contribution in [0.5, 0.6) is 0 Å². The van der Waals surface area contributed by atoms with E-state index in [1.165, 1.54) is 221 Å². The second-order valence-electron chi connectivity index (χ2n) is 34.9. The molecule has 0 unspecified atom stereocenters. The number of hydrogen-bond acceptors (Lipinski definition) is 3. The highest BCUT2D eigenvalue weighted by molar-refractivity contribution is 6.22. The molecule has 538 valence electrons. The van der Waals surface area contributed by atoms with Crippen LogP contribution in [0, 0.1) is 6.92 Å². The Bertz CT molecular complexity index is 6280. The van der Waals surface area contributed by atoms with Crippen molar-refractivity contribution in [1.82, 2.24) is 0 Å². The second-order valence-corrected chi connectivity index (χ2v) is 34.9. The molecule has 20 rings (SSSR count). The van der Waals surface area contributed by atoms with Crippen molar-refractivity contribution < 1.29 is 8.83 Å². The van der Waals surface area contributed by atoms with Crippen molar-refractivity contribution in [3.63, 3.8) is 0 Å². The molecule has 13 aromatic carbocycles. The largest absolute Gasteiger partial charge is 0.455 e. The predicted octanol–water partition coefficient (Wildman–Crippen LogP) is 30.5. The second kappa shape index (κ2) is 24.9. The van der Waals surface area contributed by atoms with E-state index < -0.39 is 0 Å². The molecule has 0 spiro atoms. The minimum absolute atomic E-state index is 0.0455. The summed E-state index contributed by atoms with van der Waals surface area (Å²) in [6.45, 7) is 26.4. The SMILES string of the molecule is CCCCCCCC1(CCCCCCC)c2ccccc2-c2ccc(-c3ccc4c(c3)C(C)(C)c3cc(-c5ccc(-c6cc7c(c8c6oc6ccccc68)-c6ccc(N(c8cccc(C)c8)c8ccc9c(c8)C(C)(C)c8c%10c(c%11c(oc%12ccccc%12%11)c8-9)-c8ccccc8C%10(C)C)cc6C7(C)C)cc5)ccc3-4)cc21. The van der Waals surface area contributed by atoms with Crippen LogP contribution in [0.3, 0.4) is 0 Å². The van der Waals surface area contributed by atoms with E-state index in [1.807, 2.05) is 0 Å². The van der Waals surface area contributed by atoms with Crippen molar-refractivity contribution in [3.05, 3.63) is 304 Å². The van der Waals surface area contributed by atoms with Gasteiger partial charge in [-0.3, -0.25) is 0 Å². The zero-order valence-corrected chi connectivity index (χ0v) is 65.3. The van der Waals surface area contributed by atoms with Crippen molar-refractivity contribution in [1.29, 1.82) is 0 Å². The molecule has 2 heterocycles. The van der Waals surface area contributed by atoms with Gasteiger partial charge in [0.25, 0.3) is 0 Å². The third-order valence-electron chi connectivity index (χ3n) is 27.2. The van der Waals surface area contributed by atoms with Crippen molar-refractivity contribution in [2.24, 2.45) is 0 Å². The molecule has 5 aliphatic carbocycles. The molecule has 0 saturated heterocycles. The number of para-hydroxylation sites is 2. The van der Waals surface area contributed by atoms with Gasteiger partial charge in [-0.25, -0.2) is 0 Å². The number of fused-ring (bicyclic) bond motifs is 25. The fraction of sp³-hybridized carbons (Fsp3) is 0.264. The van der Waals surface area contributed by atoms with Crippen LogP contribution in [0.15, 0.2) is 251 Å². The minimum atomic E-state index is -0.375. The molecule has 0 amide bonds. The Morgan fingerprint density at radius 1 is 0.284 bits per heavy atom. The van der Waals surface area contributed by atoms with Gasteiger partial charge in [0.05, 0.1) is 0 Å². The Morgan fingerprint density at radius 2 is 0.716 bits per heavy atom. The highest BCUT2D eigenvalue weighted by Gasteiger charge is 2.50. The van der Waals surface area contributed by atoms with E-state index in [1.54, 1.807) is 11.1 Å². The van der Waals surface area contributed by atoms with Crippen molar-refractivity contribution >= 4 is 60.9 Å². The molecule has 3 heteroatoms. The molecule has 2 aromatic heterocycles. The fourth-order valence-corrected chi connectivity index (χ4v) is 21.6. The molecular weight excluding hydrogens is 1320 g/mol. The van der Waals surface area contributed by atoms with Crippen LogP contribution >= 0.6 is 0 Å². The van der Waals surface area contributed by atoms with Crippen LogP contribution in [-0.4, -0.2) is 0 Å². The summed E-state index contributed by atoms with van der Waals surface area (Å²) < 4.78 is 14.3. The van der Waals surface area contributed by atoms with E-state index in [-0.39, 0.29) is 27.1 Å². The summed E-state index contributed by atoms with van der Waals surface area (Å²) in [5.74, 6) is 0. The maximum Gasteiger partial charge on any atom is 0.144 e. The third-order valence-corrected chi connectivity index (χ3v) is 27.2. The van der Waals surface area contributed by atoms with Crippen LogP contribution in [0.25, 0.3) is 133 Å². The van der Waals surface area contributed by atoms with Gasteiger partial charge in [0, 0.05) is 76.8 Å². The predicted molar refractivity (Wildman–Crippen MR) is 460 cm³/mol. The van der Waals surface area contributed by atoms with Crippen LogP contribution < -0.4 is 4.90 Å². The molecule has 109 heavy (non-hydrogen) atoms. The van der Waals surface area contributed by atoms with E-state index in [0.29, 0.717) is 0 Å².